The van der Waals surface area contributed by atoms with Crippen LogP contribution in [0.15, 0.2) is 0 Å². The largest absolute Gasteiger partial charge is 0.382 e. The van der Waals surface area contributed by atoms with E-state index in [0.29, 0.717) is 19.3 Å². The molecule has 1 fully saturated rings. The van der Waals surface area contributed by atoms with Crippen molar-refractivity contribution in [3.05, 3.63) is 0 Å². The predicted octanol–water partition coefficient (Wildman–Crippen LogP) is 3.22. The summed E-state index contributed by atoms with van der Waals surface area (Å²) >= 11 is 0. The minimum Gasteiger partial charge on any atom is -0.382 e. The van der Waals surface area contributed by atoms with Gasteiger partial charge in [0.25, 0.3) is 0 Å². The molecule has 0 amide bonds. The van der Waals surface area contributed by atoms with Crippen LogP contribution in [0.25, 0.3) is 0 Å². The molecule has 0 radical (unpaired) electrons. The highest BCUT2D eigenvalue weighted by molar-refractivity contribution is 5.86. The number of carbonyl (C=O) groups is 1. The molecule has 1 rings (SSSR count). The number of rotatable bonds is 5. The Kier molecular flexibility index (Phi) is 5.30. The predicted molar refractivity (Wildman–Crippen MR) is 61.8 cm³/mol. The molecular weight excluding hydrogens is 188 g/mol. The quantitative estimate of drug-likeness (QED) is 0.561. The van der Waals surface area contributed by atoms with Crippen molar-refractivity contribution >= 4 is 5.78 Å². The Bertz CT molecular complexity index is 191. The minimum atomic E-state index is -0.968. The van der Waals surface area contributed by atoms with Crippen molar-refractivity contribution in [2.45, 2.75) is 76.7 Å². The van der Waals surface area contributed by atoms with Crippen molar-refractivity contribution in [3.63, 3.8) is 0 Å². The van der Waals surface area contributed by atoms with E-state index in [9.17, 15) is 9.90 Å². The lowest BCUT2D eigenvalue weighted by atomic mass is 9.87. The van der Waals surface area contributed by atoms with Crippen molar-refractivity contribution < 1.29 is 9.90 Å². The highest BCUT2D eigenvalue weighted by atomic mass is 16.3. The fourth-order valence-electron chi connectivity index (χ4n) is 2.36. The summed E-state index contributed by atoms with van der Waals surface area (Å²) in [6, 6.07) is 0. The Morgan fingerprint density at radius 1 is 1.13 bits per heavy atom. The Balaban J connectivity index is 2.40. The third-order valence-corrected chi connectivity index (χ3v) is 3.46. The van der Waals surface area contributed by atoms with Crippen LogP contribution in [0.3, 0.4) is 0 Å². The first kappa shape index (κ1) is 12.7. The Morgan fingerprint density at radius 2 is 1.73 bits per heavy atom. The highest BCUT2D eigenvalue weighted by Crippen LogP contribution is 2.29. The average molecular weight is 212 g/mol. The van der Waals surface area contributed by atoms with Crippen LogP contribution in [0, 0.1) is 0 Å². The maximum atomic E-state index is 11.9. The summed E-state index contributed by atoms with van der Waals surface area (Å²) in [6.07, 6.45) is 9.49. The van der Waals surface area contributed by atoms with Gasteiger partial charge in [-0.2, -0.15) is 0 Å². The van der Waals surface area contributed by atoms with E-state index in [1.165, 1.54) is 12.8 Å². The van der Waals surface area contributed by atoms with Crippen LogP contribution in [-0.2, 0) is 4.79 Å². The van der Waals surface area contributed by atoms with Gasteiger partial charge < -0.3 is 5.11 Å². The number of unbranched alkanes of at least 4 members (excludes halogenated alkanes) is 2. The molecular formula is C13H24O2. The van der Waals surface area contributed by atoms with Gasteiger partial charge >= 0.3 is 0 Å². The van der Waals surface area contributed by atoms with Crippen molar-refractivity contribution in [1.82, 2.24) is 0 Å². The van der Waals surface area contributed by atoms with Crippen LogP contribution >= 0.6 is 0 Å². The number of ketones is 1. The lowest BCUT2D eigenvalue weighted by molar-refractivity contribution is -0.138. The van der Waals surface area contributed by atoms with E-state index < -0.39 is 5.60 Å². The summed E-state index contributed by atoms with van der Waals surface area (Å²) < 4.78 is 0. The molecule has 88 valence electrons. The zero-order valence-electron chi connectivity index (χ0n) is 9.93. The van der Waals surface area contributed by atoms with Crippen LogP contribution in [0.2, 0.25) is 0 Å². The Morgan fingerprint density at radius 3 is 2.27 bits per heavy atom. The van der Waals surface area contributed by atoms with E-state index in [4.69, 9.17) is 0 Å². The summed E-state index contributed by atoms with van der Waals surface area (Å²) in [5.41, 5.74) is -0.968. The molecule has 0 spiro atoms. The summed E-state index contributed by atoms with van der Waals surface area (Å²) in [7, 11) is 0. The number of Topliss-reactive ketones (excluding diaryl/α,β-unsaturated/α-hetero) is 1. The monoisotopic (exact) mass is 212 g/mol. The molecule has 0 saturated heterocycles. The minimum absolute atomic E-state index is 0.0952. The molecule has 2 nitrogen and oxygen atoms in total. The van der Waals surface area contributed by atoms with E-state index >= 15 is 0 Å². The molecule has 0 unspecified atom stereocenters. The Hall–Kier alpha value is -0.370. The zero-order chi connectivity index (χ0) is 11.1. The zero-order valence-corrected chi connectivity index (χ0v) is 9.93. The Labute approximate surface area is 93.1 Å². The molecule has 2 heteroatoms. The van der Waals surface area contributed by atoms with Crippen LogP contribution in [0.5, 0.6) is 0 Å². The van der Waals surface area contributed by atoms with Gasteiger partial charge in [0.05, 0.1) is 0 Å². The molecule has 0 aromatic rings. The van der Waals surface area contributed by atoms with Crippen LogP contribution in [0.4, 0.5) is 0 Å². The molecule has 0 heterocycles. The fourth-order valence-corrected chi connectivity index (χ4v) is 2.36. The third-order valence-electron chi connectivity index (χ3n) is 3.46. The smallest absolute Gasteiger partial charge is 0.164 e. The number of hydrogen-bond acceptors (Lipinski definition) is 2. The molecule has 15 heavy (non-hydrogen) atoms. The van der Waals surface area contributed by atoms with E-state index in [1.807, 2.05) is 0 Å². The van der Waals surface area contributed by atoms with Gasteiger partial charge in [-0.25, -0.2) is 0 Å². The molecule has 1 N–H and O–H groups in total. The summed E-state index contributed by atoms with van der Waals surface area (Å²) in [5.74, 6) is 0.0952. The topological polar surface area (TPSA) is 37.3 Å². The van der Waals surface area contributed by atoms with Crippen LogP contribution < -0.4 is 0 Å². The van der Waals surface area contributed by atoms with Crippen molar-refractivity contribution in [1.29, 1.82) is 0 Å². The second kappa shape index (κ2) is 6.26. The van der Waals surface area contributed by atoms with E-state index in [-0.39, 0.29) is 5.78 Å². The van der Waals surface area contributed by atoms with E-state index in [0.717, 1.165) is 32.1 Å². The molecule has 0 aromatic carbocycles. The molecule has 0 aromatic heterocycles. The molecule has 0 aliphatic heterocycles. The highest BCUT2D eigenvalue weighted by Gasteiger charge is 2.34. The van der Waals surface area contributed by atoms with Gasteiger partial charge in [0.1, 0.15) is 5.60 Å². The van der Waals surface area contributed by atoms with Crippen molar-refractivity contribution in [2.75, 3.05) is 0 Å². The normalized spacial score (nSPS) is 20.9. The van der Waals surface area contributed by atoms with Gasteiger partial charge in [0, 0.05) is 6.42 Å². The third kappa shape index (κ3) is 3.94. The van der Waals surface area contributed by atoms with Gasteiger partial charge in [-0.15, -0.1) is 0 Å². The fraction of sp³-hybridized carbons (Fsp3) is 0.923. The van der Waals surface area contributed by atoms with Crippen LogP contribution in [-0.4, -0.2) is 16.5 Å². The first-order valence-corrected chi connectivity index (χ1v) is 6.45. The average Bonchev–Trinajstić information content (AvgIpc) is 2.44. The van der Waals surface area contributed by atoms with Gasteiger partial charge in [0.2, 0.25) is 0 Å². The van der Waals surface area contributed by atoms with Crippen molar-refractivity contribution in [2.24, 2.45) is 0 Å². The molecule has 1 aliphatic carbocycles. The second-order valence-electron chi connectivity index (χ2n) is 4.83. The number of hydrogen-bond donors (Lipinski definition) is 1. The van der Waals surface area contributed by atoms with E-state index in [2.05, 4.69) is 6.92 Å². The summed E-state index contributed by atoms with van der Waals surface area (Å²) in [5, 5.41) is 10.3. The lowest BCUT2D eigenvalue weighted by Gasteiger charge is -2.24. The van der Waals surface area contributed by atoms with Gasteiger partial charge in [0.15, 0.2) is 5.78 Å². The van der Waals surface area contributed by atoms with Gasteiger partial charge in [-0.05, 0) is 19.3 Å². The maximum absolute atomic E-state index is 11.9. The van der Waals surface area contributed by atoms with Crippen molar-refractivity contribution in [3.8, 4) is 0 Å². The number of carbonyl (C=O) groups excluding carboxylic acids is 1. The maximum Gasteiger partial charge on any atom is 0.164 e. The SMILES string of the molecule is CCCCCC(=O)C1(O)CCCCCC1. The summed E-state index contributed by atoms with van der Waals surface area (Å²) in [6.45, 7) is 2.13. The molecule has 0 bridgehead atoms. The first-order chi connectivity index (χ1) is 7.19. The van der Waals surface area contributed by atoms with Gasteiger partial charge in [-0.3, -0.25) is 4.79 Å². The lowest BCUT2D eigenvalue weighted by Crippen LogP contribution is -2.37. The molecule has 1 saturated carbocycles. The van der Waals surface area contributed by atoms with Crippen LogP contribution in [0.1, 0.15) is 71.1 Å². The van der Waals surface area contributed by atoms with E-state index in [1.54, 1.807) is 0 Å². The summed E-state index contributed by atoms with van der Waals surface area (Å²) in [4.78, 5) is 11.9. The second-order valence-corrected chi connectivity index (χ2v) is 4.83. The van der Waals surface area contributed by atoms with Gasteiger partial charge in [-0.1, -0.05) is 45.4 Å². The number of aliphatic hydroxyl groups is 1. The first-order valence-electron chi connectivity index (χ1n) is 6.45. The molecule has 0 atom stereocenters. The standard InChI is InChI=1S/C13H24O2/c1-2-3-6-9-12(14)13(15)10-7-4-5-8-11-13/h15H,2-11H2,1H3. The molecule has 1 aliphatic rings.